The van der Waals surface area contributed by atoms with Gasteiger partial charge in [-0.2, -0.15) is 0 Å². The summed E-state index contributed by atoms with van der Waals surface area (Å²) in [5.41, 5.74) is 1.05. The molecule has 0 radical (unpaired) electrons. The van der Waals surface area contributed by atoms with Crippen LogP contribution in [0.3, 0.4) is 0 Å². The number of nitrogens with one attached hydrogen (secondary N) is 1. The van der Waals surface area contributed by atoms with Gasteiger partial charge in [-0.3, -0.25) is 9.52 Å². The second-order valence-corrected chi connectivity index (χ2v) is 7.41. The zero-order valence-corrected chi connectivity index (χ0v) is 14.2. The molecule has 0 spiro atoms. The normalized spacial score (nSPS) is 14.2. The Labute approximate surface area is 141 Å². The Morgan fingerprint density at radius 1 is 1.08 bits per heavy atom. The van der Waals surface area contributed by atoms with Crippen molar-refractivity contribution in [2.24, 2.45) is 5.92 Å². The van der Waals surface area contributed by atoms with Crippen LogP contribution >= 0.6 is 0 Å². The Morgan fingerprint density at radius 2 is 1.71 bits per heavy atom. The molecule has 1 N–H and O–H groups in total. The fraction of sp³-hybridized carbons (Fsp3) is 0.278. The standard InChI is InChI=1S/C18H19NO4S/c1-2-23-16-9-11-17(12-10-16)24(21,22)19-15-7-5-14(6-8-15)18(20)13-3-4-13/h5-13,19H,2-4H2,1H3. The molecular weight excluding hydrogens is 326 g/mol. The summed E-state index contributed by atoms with van der Waals surface area (Å²) in [6.45, 7) is 2.39. The smallest absolute Gasteiger partial charge is 0.261 e. The fourth-order valence-corrected chi connectivity index (χ4v) is 3.44. The third-order valence-corrected chi connectivity index (χ3v) is 5.21. The van der Waals surface area contributed by atoms with Crippen molar-refractivity contribution in [1.82, 2.24) is 0 Å². The Hall–Kier alpha value is -2.34. The van der Waals surface area contributed by atoms with Gasteiger partial charge in [0.1, 0.15) is 5.75 Å². The monoisotopic (exact) mass is 345 g/mol. The molecule has 126 valence electrons. The van der Waals surface area contributed by atoms with E-state index in [-0.39, 0.29) is 16.6 Å². The van der Waals surface area contributed by atoms with Gasteiger partial charge < -0.3 is 4.74 Å². The van der Waals surface area contributed by atoms with Crippen molar-refractivity contribution < 1.29 is 17.9 Å². The molecule has 0 unspecified atom stereocenters. The number of rotatable bonds is 7. The maximum Gasteiger partial charge on any atom is 0.261 e. The predicted octanol–water partition coefficient (Wildman–Crippen LogP) is 3.48. The van der Waals surface area contributed by atoms with Crippen molar-refractivity contribution in [3.63, 3.8) is 0 Å². The minimum Gasteiger partial charge on any atom is -0.494 e. The van der Waals surface area contributed by atoms with E-state index in [2.05, 4.69) is 4.72 Å². The quantitative estimate of drug-likeness (QED) is 0.780. The summed E-state index contributed by atoms with van der Waals surface area (Å²) in [6.07, 6.45) is 1.90. The van der Waals surface area contributed by atoms with Crippen LogP contribution in [-0.4, -0.2) is 20.8 Å². The molecule has 2 aromatic carbocycles. The van der Waals surface area contributed by atoms with Gasteiger partial charge in [-0.15, -0.1) is 0 Å². The Bertz CT molecular complexity index is 822. The second-order valence-electron chi connectivity index (χ2n) is 5.73. The largest absolute Gasteiger partial charge is 0.494 e. The number of hydrogen-bond donors (Lipinski definition) is 1. The molecule has 0 bridgehead atoms. The molecule has 1 aliphatic rings. The van der Waals surface area contributed by atoms with E-state index in [1.54, 1.807) is 36.4 Å². The first-order valence-corrected chi connectivity index (χ1v) is 9.38. The van der Waals surface area contributed by atoms with E-state index in [9.17, 15) is 13.2 Å². The van der Waals surface area contributed by atoms with Crippen molar-refractivity contribution in [2.75, 3.05) is 11.3 Å². The van der Waals surface area contributed by atoms with E-state index in [0.717, 1.165) is 12.8 Å². The van der Waals surface area contributed by atoms with Crippen molar-refractivity contribution >= 4 is 21.5 Å². The minimum atomic E-state index is -3.67. The van der Waals surface area contributed by atoms with E-state index < -0.39 is 10.0 Å². The molecule has 3 rings (SSSR count). The lowest BCUT2D eigenvalue weighted by molar-refractivity contribution is 0.0967. The fourth-order valence-electron chi connectivity index (χ4n) is 2.38. The minimum absolute atomic E-state index is 0.135. The van der Waals surface area contributed by atoms with Crippen molar-refractivity contribution in [3.05, 3.63) is 54.1 Å². The first-order chi connectivity index (χ1) is 11.5. The van der Waals surface area contributed by atoms with Gasteiger partial charge in [0.05, 0.1) is 11.5 Å². The summed E-state index contributed by atoms with van der Waals surface area (Å²) in [6, 6.07) is 12.8. The molecule has 0 aliphatic heterocycles. The van der Waals surface area contributed by atoms with Crippen LogP contribution in [0.25, 0.3) is 0 Å². The van der Waals surface area contributed by atoms with Crippen molar-refractivity contribution in [2.45, 2.75) is 24.7 Å². The van der Waals surface area contributed by atoms with Crippen LogP contribution in [0.1, 0.15) is 30.1 Å². The highest BCUT2D eigenvalue weighted by molar-refractivity contribution is 7.92. The highest BCUT2D eigenvalue weighted by Gasteiger charge is 2.30. The molecule has 1 aliphatic carbocycles. The number of Topliss-reactive ketones (excluding diaryl/α,β-unsaturated/α-hetero) is 1. The number of hydrogen-bond acceptors (Lipinski definition) is 4. The van der Waals surface area contributed by atoms with Crippen LogP contribution < -0.4 is 9.46 Å². The van der Waals surface area contributed by atoms with Gasteiger partial charge in [-0.05, 0) is 68.3 Å². The van der Waals surface area contributed by atoms with Gasteiger partial charge in [0.15, 0.2) is 5.78 Å². The van der Waals surface area contributed by atoms with Gasteiger partial charge in [0, 0.05) is 17.2 Å². The third-order valence-electron chi connectivity index (χ3n) is 3.81. The Balaban J connectivity index is 1.72. The van der Waals surface area contributed by atoms with Gasteiger partial charge in [0.2, 0.25) is 0 Å². The molecule has 1 saturated carbocycles. The van der Waals surface area contributed by atoms with Crippen molar-refractivity contribution in [3.8, 4) is 5.75 Å². The first kappa shape index (κ1) is 16.5. The highest BCUT2D eigenvalue weighted by Crippen LogP contribution is 2.32. The predicted molar refractivity (Wildman–Crippen MR) is 91.9 cm³/mol. The molecule has 2 aromatic rings. The summed E-state index contributed by atoms with van der Waals surface area (Å²) >= 11 is 0. The van der Waals surface area contributed by atoms with Gasteiger partial charge in [0.25, 0.3) is 10.0 Å². The zero-order chi connectivity index (χ0) is 17.2. The van der Waals surface area contributed by atoms with Gasteiger partial charge >= 0.3 is 0 Å². The lowest BCUT2D eigenvalue weighted by Crippen LogP contribution is -2.13. The maximum absolute atomic E-state index is 12.4. The molecule has 0 amide bonds. The van der Waals surface area contributed by atoms with E-state index in [0.29, 0.717) is 23.6 Å². The van der Waals surface area contributed by atoms with Crippen LogP contribution in [0.15, 0.2) is 53.4 Å². The summed E-state index contributed by atoms with van der Waals surface area (Å²) < 4.78 is 32.6. The average Bonchev–Trinajstić information content (AvgIpc) is 3.40. The molecule has 5 nitrogen and oxygen atoms in total. The number of ether oxygens (including phenoxy) is 1. The number of sulfonamides is 1. The summed E-state index contributed by atoms with van der Waals surface area (Å²) in [5, 5.41) is 0. The summed E-state index contributed by atoms with van der Waals surface area (Å²) in [7, 11) is -3.67. The second kappa shape index (κ2) is 6.65. The molecule has 0 aromatic heterocycles. The third kappa shape index (κ3) is 3.76. The van der Waals surface area contributed by atoms with E-state index in [1.165, 1.54) is 12.1 Å². The Kier molecular flexibility index (Phi) is 4.57. The molecule has 6 heteroatoms. The van der Waals surface area contributed by atoms with Gasteiger partial charge in [-0.25, -0.2) is 8.42 Å². The van der Waals surface area contributed by atoms with Crippen LogP contribution in [0.4, 0.5) is 5.69 Å². The SMILES string of the molecule is CCOc1ccc(S(=O)(=O)Nc2ccc(C(=O)C3CC3)cc2)cc1. The molecule has 0 heterocycles. The number of carbonyl (C=O) groups is 1. The summed E-state index contributed by atoms with van der Waals surface area (Å²) in [4.78, 5) is 12.1. The number of carbonyl (C=O) groups excluding carboxylic acids is 1. The number of ketones is 1. The molecular formula is C18H19NO4S. The number of anilines is 1. The van der Waals surface area contributed by atoms with Crippen LogP contribution in [0.5, 0.6) is 5.75 Å². The number of benzene rings is 2. The summed E-state index contributed by atoms with van der Waals surface area (Å²) in [5.74, 6) is 0.909. The first-order valence-electron chi connectivity index (χ1n) is 7.89. The topological polar surface area (TPSA) is 72.5 Å². The zero-order valence-electron chi connectivity index (χ0n) is 13.4. The lowest BCUT2D eigenvalue weighted by Gasteiger charge is -2.09. The lowest BCUT2D eigenvalue weighted by atomic mass is 10.1. The molecule has 0 saturated heterocycles. The van der Waals surface area contributed by atoms with Crippen molar-refractivity contribution in [1.29, 1.82) is 0 Å². The van der Waals surface area contributed by atoms with E-state index in [1.807, 2.05) is 6.92 Å². The molecule has 24 heavy (non-hydrogen) atoms. The van der Waals surface area contributed by atoms with E-state index in [4.69, 9.17) is 4.74 Å². The molecule has 1 fully saturated rings. The average molecular weight is 345 g/mol. The van der Waals surface area contributed by atoms with Crippen LogP contribution in [0, 0.1) is 5.92 Å². The van der Waals surface area contributed by atoms with Gasteiger partial charge in [-0.1, -0.05) is 0 Å². The Morgan fingerprint density at radius 3 is 2.25 bits per heavy atom. The molecule has 0 atom stereocenters. The van der Waals surface area contributed by atoms with E-state index >= 15 is 0 Å². The highest BCUT2D eigenvalue weighted by atomic mass is 32.2. The van der Waals surface area contributed by atoms with Crippen LogP contribution in [-0.2, 0) is 10.0 Å². The van der Waals surface area contributed by atoms with Crippen LogP contribution in [0.2, 0.25) is 0 Å². The maximum atomic E-state index is 12.4.